The summed E-state index contributed by atoms with van der Waals surface area (Å²) in [5.74, 6) is 0.514. The molecule has 0 atom stereocenters. The molecule has 90 valence electrons. The summed E-state index contributed by atoms with van der Waals surface area (Å²) in [5.41, 5.74) is 7.27. The molecule has 3 aromatic rings. The van der Waals surface area contributed by atoms with Gasteiger partial charge >= 0.3 is 0 Å². The van der Waals surface area contributed by atoms with Crippen LogP contribution in [0.15, 0.2) is 30.5 Å². The monoisotopic (exact) mass is 279 g/mol. The molecular formula is C11H7Cl2N5. The Bertz CT molecular complexity index is 717. The van der Waals surface area contributed by atoms with E-state index in [4.69, 9.17) is 28.9 Å². The number of fused-ring (bicyclic) bond motifs is 1. The van der Waals surface area contributed by atoms with E-state index in [-0.39, 0.29) is 10.4 Å². The number of rotatable bonds is 1. The standard InChI is InChI=1S/C11H7Cl2N5/c12-9-4-10(17-11(13)16-9)18-8-2-1-7(14)3-6(8)5-15-18/h1-5H,14H2. The maximum atomic E-state index is 5.85. The van der Waals surface area contributed by atoms with E-state index in [1.54, 1.807) is 23.0 Å². The fourth-order valence-corrected chi connectivity index (χ4v) is 2.12. The third-order valence-corrected chi connectivity index (χ3v) is 2.83. The zero-order chi connectivity index (χ0) is 12.7. The van der Waals surface area contributed by atoms with Gasteiger partial charge < -0.3 is 5.73 Å². The molecule has 0 saturated heterocycles. The predicted molar refractivity (Wildman–Crippen MR) is 71.1 cm³/mol. The Morgan fingerprint density at radius 1 is 1.11 bits per heavy atom. The minimum absolute atomic E-state index is 0.0802. The van der Waals surface area contributed by atoms with E-state index in [1.165, 1.54) is 0 Å². The number of nitrogens with two attached hydrogens (primary N) is 1. The summed E-state index contributed by atoms with van der Waals surface area (Å²) in [6, 6.07) is 7.09. The Hall–Kier alpha value is -1.85. The second kappa shape index (κ2) is 4.12. The first-order chi connectivity index (χ1) is 8.63. The molecule has 2 heterocycles. The summed E-state index contributed by atoms with van der Waals surface area (Å²) >= 11 is 11.6. The highest BCUT2D eigenvalue weighted by molar-refractivity contribution is 6.31. The molecule has 5 nitrogen and oxygen atoms in total. The lowest BCUT2D eigenvalue weighted by atomic mass is 10.2. The molecule has 0 saturated carbocycles. The molecule has 0 radical (unpaired) electrons. The van der Waals surface area contributed by atoms with Crippen LogP contribution >= 0.6 is 23.2 Å². The van der Waals surface area contributed by atoms with Gasteiger partial charge in [-0.25, -0.2) is 9.67 Å². The van der Waals surface area contributed by atoms with Gasteiger partial charge in [-0.3, -0.25) is 0 Å². The molecule has 2 N–H and O–H groups in total. The van der Waals surface area contributed by atoms with Crippen LogP contribution in [0.3, 0.4) is 0 Å². The van der Waals surface area contributed by atoms with Crippen molar-refractivity contribution < 1.29 is 0 Å². The van der Waals surface area contributed by atoms with Crippen molar-refractivity contribution >= 4 is 39.8 Å². The van der Waals surface area contributed by atoms with Gasteiger partial charge in [-0.2, -0.15) is 10.1 Å². The quantitative estimate of drug-likeness (QED) is 0.422. The van der Waals surface area contributed by atoms with Crippen LogP contribution < -0.4 is 5.73 Å². The normalized spacial score (nSPS) is 11.0. The molecular weight excluding hydrogens is 273 g/mol. The molecule has 0 aliphatic heterocycles. The second-order valence-corrected chi connectivity index (χ2v) is 4.42. The van der Waals surface area contributed by atoms with Crippen molar-refractivity contribution in [1.82, 2.24) is 19.7 Å². The van der Waals surface area contributed by atoms with Crippen LogP contribution in [-0.4, -0.2) is 19.7 Å². The van der Waals surface area contributed by atoms with E-state index in [0.29, 0.717) is 11.5 Å². The van der Waals surface area contributed by atoms with Crippen LogP contribution in [0.4, 0.5) is 5.69 Å². The second-order valence-electron chi connectivity index (χ2n) is 3.69. The molecule has 7 heteroatoms. The zero-order valence-corrected chi connectivity index (χ0v) is 10.5. The van der Waals surface area contributed by atoms with Crippen LogP contribution in [0.5, 0.6) is 0 Å². The van der Waals surface area contributed by atoms with Crippen molar-refractivity contribution in [1.29, 1.82) is 0 Å². The third-order valence-electron chi connectivity index (χ3n) is 2.46. The summed E-state index contributed by atoms with van der Waals surface area (Å²) in [6.45, 7) is 0. The lowest BCUT2D eigenvalue weighted by Gasteiger charge is -2.03. The maximum absolute atomic E-state index is 5.85. The number of hydrogen-bond acceptors (Lipinski definition) is 4. The largest absolute Gasteiger partial charge is 0.399 e. The first kappa shape index (κ1) is 11.3. The van der Waals surface area contributed by atoms with Crippen molar-refractivity contribution in [3.05, 3.63) is 40.9 Å². The molecule has 1 aromatic carbocycles. The van der Waals surface area contributed by atoms with Crippen molar-refractivity contribution in [2.45, 2.75) is 0 Å². The van der Waals surface area contributed by atoms with Gasteiger partial charge in [0.15, 0.2) is 5.82 Å². The Kier molecular flexibility index (Phi) is 2.57. The summed E-state index contributed by atoms with van der Waals surface area (Å²) in [7, 11) is 0. The summed E-state index contributed by atoms with van der Waals surface area (Å²) < 4.78 is 1.63. The highest BCUT2D eigenvalue weighted by atomic mass is 35.5. The summed E-state index contributed by atoms with van der Waals surface area (Å²) in [4.78, 5) is 7.89. The lowest BCUT2D eigenvalue weighted by Crippen LogP contribution is -2.00. The molecule has 0 aliphatic rings. The molecule has 0 fully saturated rings. The van der Waals surface area contributed by atoms with Crippen LogP contribution in [-0.2, 0) is 0 Å². The molecule has 18 heavy (non-hydrogen) atoms. The van der Waals surface area contributed by atoms with Crippen molar-refractivity contribution in [3.63, 3.8) is 0 Å². The van der Waals surface area contributed by atoms with Crippen molar-refractivity contribution in [2.24, 2.45) is 0 Å². The van der Waals surface area contributed by atoms with Gasteiger partial charge in [0.2, 0.25) is 5.28 Å². The van der Waals surface area contributed by atoms with E-state index >= 15 is 0 Å². The van der Waals surface area contributed by atoms with E-state index in [2.05, 4.69) is 15.1 Å². The summed E-state index contributed by atoms with van der Waals surface area (Å²) in [5, 5.41) is 5.51. The summed E-state index contributed by atoms with van der Waals surface area (Å²) in [6.07, 6.45) is 1.70. The Balaban J connectivity index is 2.25. The molecule has 3 rings (SSSR count). The van der Waals surface area contributed by atoms with Gasteiger partial charge in [0.05, 0.1) is 11.7 Å². The molecule has 0 unspecified atom stereocenters. The van der Waals surface area contributed by atoms with Crippen molar-refractivity contribution in [2.75, 3.05) is 5.73 Å². The van der Waals surface area contributed by atoms with E-state index in [1.807, 2.05) is 12.1 Å². The van der Waals surface area contributed by atoms with Gasteiger partial charge in [0.1, 0.15) is 5.15 Å². The number of hydrogen-bond donors (Lipinski definition) is 1. The number of halogens is 2. The molecule has 0 aliphatic carbocycles. The van der Waals surface area contributed by atoms with Gasteiger partial charge in [-0.1, -0.05) is 11.6 Å². The fraction of sp³-hybridized carbons (Fsp3) is 0. The minimum Gasteiger partial charge on any atom is -0.399 e. The van der Waals surface area contributed by atoms with E-state index in [0.717, 1.165) is 10.9 Å². The van der Waals surface area contributed by atoms with Gasteiger partial charge in [-0.15, -0.1) is 0 Å². The van der Waals surface area contributed by atoms with Crippen LogP contribution in [0.1, 0.15) is 0 Å². The van der Waals surface area contributed by atoms with Crippen molar-refractivity contribution in [3.8, 4) is 5.82 Å². The molecule has 0 amide bonds. The van der Waals surface area contributed by atoms with Gasteiger partial charge in [0.25, 0.3) is 0 Å². The lowest BCUT2D eigenvalue weighted by molar-refractivity contribution is 0.866. The van der Waals surface area contributed by atoms with Gasteiger partial charge in [-0.05, 0) is 29.8 Å². The third kappa shape index (κ3) is 1.87. The highest BCUT2D eigenvalue weighted by Gasteiger charge is 2.08. The van der Waals surface area contributed by atoms with Crippen LogP contribution in [0.2, 0.25) is 10.4 Å². The Morgan fingerprint density at radius 3 is 2.72 bits per heavy atom. The molecule has 0 bridgehead atoms. The Labute approximate surface area is 112 Å². The highest BCUT2D eigenvalue weighted by Crippen LogP contribution is 2.21. The topological polar surface area (TPSA) is 69.6 Å². The van der Waals surface area contributed by atoms with Crippen LogP contribution in [0, 0.1) is 0 Å². The maximum Gasteiger partial charge on any atom is 0.225 e. The first-order valence-corrected chi connectivity index (χ1v) is 5.83. The average molecular weight is 280 g/mol. The van der Waals surface area contributed by atoms with E-state index in [9.17, 15) is 0 Å². The number of benzene rings is 1. The van der Waals surface area contributed by atoms with Gasteiger partial charge in [0, 0.05) is 17.1 Å². The van der Waals surface area contributed by atoms with E-state index < -0.39 is 0 Å². The molecule has 0 spiro atoms. The predicted octanol–water partition coefficient (Wildman–Crippen LogP) is 2.70. The average Bonchev–Trinajstić information content (AvgIpc) is 2.70. The number of anilines is 1. The Morgan fingerprint density at radius 2 is 1.94 bits per heavy atom. The smallest absolute Gasteiger partial charge is 0.225 e. The number of nitrogens with zero attached hydrogens (tertiary/aromatic N) is 4. The molecule has 2 aromatic heterocycles. The first-order valence-electron chi connectivity index (χ1n) is 5.07. The van der Waals surface area contributed by atoms with Crippen LogP contribution in [0.25, 0.3) is 16.7 Å². The number of aromatic nitrogens is 4. The number of nitrogen functional groups attached to an aromatic ring is 1. The SMILES string of the molecule is Nc1ccc2c(cnn2-c2cc(Cl)nc(Cl)n2)c1. The zero-order valence-electron chi connectivity index (χ0n) is 9.01. The minimum atomic E-state index is 0.0802. The fourth-order valence-electron chi connectivity index (χ4n) is 1.72.